The molecule has 297 valence electrons. The summed E-state index contributed by atoms with van der Waals surface area (Å²) in [5.74, 6) is 1.66. The smallest absolute Gasteiger partial charge is 0.330 e. The molecule has 1 saturated carbocycles. The monoisotopic (exact) mass is 741 g/mol. The van der Waals surface area contributed by atoms with Gasteiger partial charge in [-0.15, -0.1) is 0 Å². The van der Waals surface area contributed by atoms with Crippen LogP contribution in [0.25, 0.3) is 0 Å². The molecule has 1 saturated heterocycles. The fraction of sp³-hybridized carbons (Fsp3) is 0.822. The number of nitrogens with zero attached hydrogens (tertiary/aromatic N) is 1. The maximum absolute atomic E-state index is 14.0. The van der Waals surface area contributed by atoms with E-state index in [2.05, 4.69) is 106 Å². The van der Waals surface area contributed by atoms with Crippen molar-refractivity contribution in [1.82, 2.24) is 0 Å². The van der Waals surface area contributed by atoms with Gasteiger partial charge in [0.15, 0.2) is 0 Å². The number of hydrogen-bond donors (Lipinski definition) is 1. The Balaban J connectivity index is 0.000000381. The Morgan fingerprint density at radius 3 is 1.98 bits per heavy atom. The van der Waals surface area contributed by atoms with Gasteiger partial charge in [-0.25, -0.2) is 0 Å². The predicted molar refractivity (Wildman–Crippen MR) is 227 cm³/mol. The van der Waals surface area contributed by atoms with Crippen LogP contribution in [-0.4, -0.2) is 48.8 Å². The molecule has 0 bridgehead atoms. The van der Waals surface area contributed by atoms with Crippen LogP contribution in [-0.2, 0) is 24.4 Å². The summed E-state index contributed by atoms with van der Waals surface area (Å²) < 4.78 is 11.2. The van der Waals surface area contributed by atoms with Gasteiger partial charge in [-0.3, -0.25) is 9.59 Å². The van der Waals surface area contributed by atoms with Gasteiger partial charge in [-0.05, 0) is 95.6 Å². The van der Waals surface area contributed by atoms with E-state index in [1.807, 2.05) is 21.3 Å². The highest BCUT2D eigenvalue weighted by molar-refractivity contribution is 7.81. The molecule has 1 radical (unpaired) electrons. The highest BCUT2D eigenvalue weighted by Gasteiger charge is 2.53. The highest BCUT2D eigenvalue weighted by atomic mass is 32.1. The van der Waals surface area contributed by atoms with Gasteiger partial charge in [0.2, 0.25) is 5.91 Å². The standard InChI is InChI=1S/C27H43BNO2S.C10H18O2.C8H18/c1-8-11-19-16-21(17-19)29-23-18-20(28-31-25(4,5)26(6,7)32)12-13-22(23)27(14-9-2,15-10-3)24(29)30;1-8(2)9(11)10(3)4-6-12-7-5-10;1-5-7-8(3,4)6-2/h12-13,18-19,21,32H,8-11,14-17H2,1-7H3;8H,4-7H2,1-3H3;5-7H2,1-4H3. The minimum atomic E-state index is -0.417. The third-order valence-electron chi connectivity index (χ3n) is 12.6. The van der Waals surface area contributed by atoms with E-state index in [0.717, 1.165) is 81.6 Å². The van der Waals surface area contributed by atoms with Crippen molar-refractivity contribution in [2.75, 3.05) is 18.1 Å². The second kappa shape index (κ2) is 20.0. The summed E-state index contributed by atoms with van der Waals surface area (Å²) in [6.07, 6.45) is 14.4. The molecule has 7 heteroatoms. The summed E-state index contributed by atoms with van der Waals surface area (Å²) in [5, 5.41) is 0. The van der Waals surface area contributed by atoms with Crippen molar-refractivity contribution in [3.05, 3.63) is 23.8 Å². The van der Waals surface area contributed by atoms with Gasteiger partial charge in [-0.1, -0.05) is 125 Å². The van der Waals surface area contributed by atoms with Crippen molar-refractivity contribution >= 4 is 43.0 Å². The van der Waals surface area contributed by atoms with Gasteiger partial charge < -0.3 is 14.3 Å². The summed E-state index contributed by atoms with van der Waals surface area (Å²) in [5.41, 5.74) is 3.08. The van der Waals surface area contributed by atoms with Crippen molar-refractivity contribution in [1.29, 1.82) is 0 Å². The lowest BCUT2D eigenvalue weighted by Crippen LogP contribution is -2.50. The van der Waals surface area contributed by atoms with E-state index >= 15 is 0 Å². The van der Waals surface area contributed by atoms with E-state index in [4.69, 9.17) is 22.0 Å². The SMILES string of the molecule is CC(C)C(=O)C1(C)CCOCC1.CCCC(C)(C)CC.CCCC1CC(N2C(=O)C(CCC)(CCC)c3ccc([B]OC(C)(C)C(C)(C)S)cc32)C1. The Labute approximate surface area is 327 Å². The number of amides is 1. The lowest BCUT2D eigenvalue weighted by molar-refractivity contribution is -0.136. The zero-order valence-electron chi connectivity index (χ0n) is 36.2. The van der Waals surface area contributed by atoms with Gasteiger partial charge >= 0.3 is 7.48 Å². The van der Waals surface area contributed by atoms with Gasteiger partial charge in [-0.2, -0.15) is 12.6 Å². The number of benzene rings is 1. The maximum Gasteiger partial charge on any atom is 0.330 e. The van der Waals surface area contributed by atoms with Crippen molar-refractivity contribution in [2.24, 2.45) is 22.7 Å². The van der Waals surface area contributed by atoms with E-state index in [-0.39, 0.29) is 21.5 Å². The number of carbonyl (C=O) groups excluding carboxylic acids is 2. The first kappa shape index (κ1) is 46.8. The second-order valence-electron chi connectivity index (χ2n) is 18.6. The van der Waals surface area contributed by atoms with E-state index in [0.29, 0.717) is 23.1 Å². The molecule has 2 aliphatic heterocycles. The molecule has 2 heterocycles. The summed E-state index contributed by atoms with van der Waals surface area (Å²) in [6, 6.07) is 6.86. The lowest BCUT2D eigenvalue weighted by Gasteiger charge is -2.42. The average molecular weight is 741 g/mol. The molecule has 0 unspecified atom stereocenters. The zero-order chi connectivity index (χ0) is 39.5. The van der Waals surface area contributed by atoms with E-state index in [1.54, 1.807) is 0 Å². The maximum atomic E-state index is 14.0. The van der Waals surface area contributed by atoms with E-state index < -0.39 is 5.60 Å². The molecule has 0 aromatic heterocycles. The van der Waals surface area contributed by atoms with Crippen LogP contribution in [0.5, 0.6) is 0 Å². The Morgan fingerprint density at radius 2 is 1.54 bits per heavy atom. The Kier molecular flexibility index (Phi) is 18.0. The lowest BCUT2D eigenvalue weighted by atomic mass is 9.73. The van der Waals surface area contributed by atoms with Crippen molar-refractivity contribution in [3.63, 3.8) is 0 Å². The topological polar surface area (TPSA) is 55.8 Å². The number of Topliss-reactive ketones (excluding diaryl/α,β-unsaturated/α-hetero) is 1. The molecule has 1 aromatic carbocycles. The van der Waals surface area contributed by atoms with E-state index in [9.17, 15) is 9.59 Å². The van der Waals surface area contributed by atoms with Crippen LogP contribution >= 0.6 is 12.6 Å². The summed E-state index contributed by atoms with van der Waals surface area (Å²) >= 11 is 4.72. The largest absolute Gasteiger partial charge is 0.428 e. The predicted octanol–water partition coefficient (Wildman–Crippen LogP) is 11.4. The second-order valence-corrected chi connectivity index (χ2v) is 19.7. The molecule has 3 aliphatic rings. The van der Waals surface area contributed by atoms with Crippen LogP contribution in [0.2, 0.25) is 0 Å². The van der Waals surface area contributed by atoms with Crippen molar-refractivity contribution in [3.8, 4) is 0 Å². The van der Waals surface area contributed by atoms with Gasteiger partial charge in [0.1, 0.15) is 5.78 Å². The zero-order valence-corrected chi connectivity index (χ0v) is 37.1. The molecule has 2 fully saturated rings. The van der Waals surface area contributed by atoms with Crippen molar-refractivity contribution < 1.29 is 19.0 Å². The first-order valence-corrected chi connectivity index (χ1v) is 21.5. The molecule has 0 spiro atoms. The van der Waals surface area contributed by atoms with E-state index in [1.165, 1.54) is 37.7 Å². The fourth-order valence-corrected chi connectivity index (χ4v) is 8.09. The Morgan fingerprint density at radius 1 is 0.962 bits per heavy atom. The third-order valence-corrected chi connectivity index (χ3v) is 13.2. The van der Waals surface area contributed by atoms with Gasteiger partial charge in [0.25, 0.3) is 0 Å². The molecule has 52 heavy (non-hydrogen) atoms. The number of anilines is 1. The number of ether oxygens (including phenoxy) is 1. The van der Waals surface area contributed by atoms with Gasteiger partial charge in [0.05, 0.1) is 11.0 Å². The number of hydrogen-bond acceptors (Lipinski definition) is 5. The molecule has 1 amide bonds. The minimum absolute atomic E-state index is 0.105. The number of rotatable bonds is 16. The summed E-state index contributed by atoms with van der Waals surface area (Å²) in [6.45, 7) is 31.6. The normalized spacial score (nSPS) is 21.0. The quantitative estimate of drug-likeness (QED) is 0.135. The molecular formula is C45H79BNO4S. The van der Waals surface area contributed by atoms with Crippen LogP contribution < -0.4 is 10.4 Å². The van der Waals surface area contributed by atoms with Gasteiger partial charge in [0, 0.05) is 41.0 Å². The van der Waals surface area contributed by atoms with Crippen LogP contribution in [0.3, 0.4) is 0 Å². The van der Waals surface area contributed by atoms with Crippen molar-refractivity contribution in [2.45, 2.75) is 202 Å². The summed E-state index contributed by atoms with van der Waals surface area (Å²) in [4.78, 5) is 27.9. The number of thiol groups is 1. The van der Waals surface area contributed by atoms with Crippen LogP contribution in [0.15, 0.2) is 18.2 Å². The average Bonchev–Trinajstić information content (AvgIpc) is 3.28. The third kappa shape index (κ3) is 11.8. The van der Waals surface area contributed by atoms with Crippen LogP contribution in [0.4, 0.5) is 5.69 Å². The fourth-order valence-electron chi connectivity index (χ4n) is 8.04. The Hall–Kier alpha value is -1.31. The first-order chi connectivity index (χ1) is 24.2. The molecular weight excluding hydrogens is 661 g/mol. The number of ketones is 1. The van der Waals surface area contributed by atoms with Crippen LogP contribution in [0, 0.1) is 22.7 Å². The molecule has 0 N–H and O–H groups in total. The number of carbonyl (C=O) groups is 2. The summed E-state index contributed by atoms with van der Waals surface area (Å²) in [7, 11) is 1.85. The molecule has 1 aromatic rings. The Bertz CT molecular complexity index is 1250. The highest BCUT2D eigenvalue weighted by Crippen LogP contribution is 2.51. The van der Waals surface area contributed by atoms with Crippen LogP contribution in [0.1, 0.15) is 186 Å². The first-order valence-electron chi connectivity index (χ1n) is 21.0. The number of fused-ring (bicyclic) bond motifs is 1. The molecule has 1 aliphatic carbocycles. The minimum Gasteiger partial charge on any atom is -0.428 e. The molecule has 5 nitrogen and oxygen atoms in total. The molecule has 4 rings (SSSR count). The molecule has 0 atom stereocenters.